The van der Waals surface area contributed by atoms with E-state index in [0.29, 0.717) is 0 Å². The van der Waals surface area contributed by atoms with Gasteiger partial charge in [-0.1, -0.05) is 0 Å². The second kappa shape index (κ2) is 3.80. The van der Waals surface area contributed by atoms with Gasteiger partial charge < -0.3 is 4.74 Å². The fraction of sp³-hybridized carbons (Fsp3) is 0.800. The van der Waals surface area contributed by atoms with Gasteiger partial charge in [-0.25, -0.2) is 0 Å². The first-order valence-electron chi connectivity index (χ1n) is 2.77. The van der Waals surface area contributed by atoms with Crippen LogP contribution in [0.25, 0.3) is 0 Å². The number of halogens is 4. The number of ether oxygens (including phenoxy) is 1. The molecule has 0 N–H and O–H groups in total. The van der Waals surface area contributed by atoms with Gasteiger partial charge in [-0.2, -0.15) is 13.2 Å². The molecule has 0 aromatic rings. The molecular weight excluding hydrogens is 184 g/mol. The summed E-state index contributed by atoms with van der Waals surface area (Å²) in [6, 6.07) is 0. The van der Waals surface area contributed by atoms with Gasteiger partial charge >= 0.3 is 12.1 Å². The first-order valence-corrected chi connectivity index (χ1v) is 3.20. The van der Waals surface area contributed by atoms with Gasteiger partial charge in [0.25, 0.3) is 0 Å². The minimum absolute atomic E-state index is 0.113. The average molecular weight is 191 g/mol. The van der Waals surface area contributed by atoms with E-state index >= 15 is 0 Å². The molecule has 0 amide bonds. The molecule has 0 spiro atoms. The van der Waals surface area contributed by atoms with E-state index in [4.69, 9.17) is 0 Å². The highest BCUT2D eigenvalue weighted by Gasteiger charge is 2.44. The maximum Gasteiger partial charge on any atom is 0.415 e. The van der Waals surface area contributed by atoms with E-state index in [0.717, 1.165) is 0 Å². The molecule has 0 aromatic carbocycles. The molecule has 0 aromatic heterocycles. The Kier molecular flexibility index (Phi) is 3.65. The summed E-state index contributed by atoms with van der Waals surface area (Å²) >= 11 is 4.69. The van der Waals surface area contributed by atoms with Gasteiger partial charge in [-0.05, 0) is 6.92 Å². The molecule has 1 atom stereocenters. The monoisotopic (exact) mass is 190 g/mol. The highest BCUT2D eigenvalue weighted by Crippen LogP contribution is 2.25. The van der Waals surface area contributed by atoms with E-state index in [1.807, 2.05) is 0 Å². The molecule has 0 rings (SSSR count). The molecule has 0 fully saturated rings. The van der Waals surface area contributed by atoms with Crippen molar-refractivity contribution in [1.82, 2.24) is 0 Å². The normalized spacial score (nSPS) is 14.3. The first-order chi connectivity index (χ1) is 4.89. The summed E-state index contributed by atoms with van der Waals surface area (Å²) in [5.74, 6) is -1.46. The molecule has 6 heteroatoms. The third kappa shape index (κ3) is 3.46. The zero-order chi connectivity index (χ0) is 9.07. The number of hydrogen-bond donors (Lipinski definition) is 0. The highest BCUT2D eigenvalue weighted by atomic mass is 35.5. The van der Waals surface area contributed by atoms with Crippen molar-refractivity contribution in [3.8, 4) is 0 Å². The summed E-state index contributed by atoms with van der Waals surface area (Å²) in [7, 11) is 0. The van der Waals surface area contributed by atoms with Crippen molar-refractivity contribution in [3.63, 3.8) is 0 Å². The summed E-state index contributed by atoms with van der Waals surface area (Å²) in [4.78, 5) is 10.3. The Morgan fingerprint density at radius 1 is 1.64 bits per heavy atom. The lowest BCUT2D eigenvalue weighted by atomic mass is 10.4. The molecule has 0 saturated heterocycles. The van der Waals surface area contributed by atoms with Crippen LogP contribution < -0.4 is 0 Å². The largest absolute Gasteiger partial charge is 0.465 e. The fourth-order valence-electron chi connectivity index (χ4n) is 0.349. The maximum absolute atomic E-state index is 11.6. The van der Waals surface area contributed by atoms with Crippen LogP contribution in [0.15, 0.2) is 0 Å². The quantitative estimate of drug-likeness (QED) is 0.490. The lowest BCUT2D eigenvalue weighted by molar-refractivity contribution is -0.168. The van der Waals surface area contributed by atoms with E-state index in [-0.39, 0.29) is 6.61 Å². The van der Waals surface area contributed by atoms with Crippen LogP contribution in [0, 0.1) is 0 Å². The minimum atomic E-state index is -4.73. The zero-order valence-electron chi connectivity index (χ0n) is 5.61. The van der Waals surface area contributed by atoms with Crippen molar-refractivity contribution < 1.29 is 22.7 Å². The summed E-state index contributed by atoms with van der Waals surface area (Å²) < 4.78 is 38.8. The van der Waals surface area contributed by atoms with Crippen molar-refractivity contribution in [2.75, 3.05) is 6.61 Å². The smallest absolute Gasteiger partial charge is 0.415 e. The van der Waals surface area contributed by atoms with Crippen LogP contribution in [0.1, 0.15) is 6.92 Å². The van der Waals surface area contributed by atoms with Crippen molar-refractivity contribution >= 4 is 17.6 Å². The molecule has 0 saturated carbocycles. The summed E-state index contributed by atoms with van der Waals surface area (Å²) in [5, 5.41) is -2.55. The van der Waals surface area contributed by atoms with Crippen LogP contribution in [0.3, 0.4) is 0 Å². The Labute approximate surface area is 66.3 Å². The molecule has 0 heterocycles. The standard InChI is InChI=1S/C5H6ClF3O2/c1-2-11-4(10)3(6)5(7,8)9/h3H,2H2,1H3/t3-/m0/s1. The second-order valence-corrected chi connectivity index (χ2v) is 2.09. The Morgan fingerprint density at radius 3 is 2.36 bits per heavy atom. The van der Waals surface area contributed by atoms with Gasteiger partial charge in [0, 0.05) is 0 Å². The van der Waals surface area contributed by atoms with Crippen LogP contribution in [0.2, 0.25) is 0 Å². The van der Waals surface area contributed by atoms with E-state index in [1.54, 1.807) is 0 Å². The number of esters is 1. The van der Waals surface area contributed by atoms with Gasteiger partial charge in [0.05, 0.1) is 6.61 Å². The predicted molar refractivity (Wildman–Crippen MR) is 32.3 cm³/mol. The number of rotatable bonds is 2. The molecule has 2 nitrogen and oxygen atoms in total. The van der Waals surface area contributed by atoms with Gasteiger partial charge in [-0.3, -0.25) is 4.79 Å². The number of carbonyl (C=O) groups excluding carboxylic acids is 1. The molecular formula is C5H6ClF3O2. The molecule has 11 heavy (non-hydrogen) atoms. The fourth-order valence-corrected chi connectivity index (χ4v) is 0.412. The Hall–Kier alpha value is -0.450. The molecule has 66 valence electrons. The van der Waals surface area contributed by atoms with Crippen LogP contribution >= 0.6 is 11.6 Å². The SMILES string of the molecule is CCOC(=O)[C@H](Cl)C(F)(F)F. The Morgan fingerprint density at radius 2 is 2.09 bits per heavy atom. The minimum Gasteiger partial charge on any atom is -0.465 e. The zero-order valence-corrected chi connectivity index (χ0v) is 6.37. The second-order valence-electron chi connectivity index (χ2n) is 1.66. The third-order valence-electron chi connectivity index (χ3n) is 0.781. The highest BCUT2D eigenvalue weighted by molar-refractivity contribution is 6.30. The van der Waals surface area contributed by atoms with E-state index in [1.165, 1.54) is 6.92 Å². The topological polar surface area (TPSA) is 26.3 Å². The number of hydrogen-bond acceptors (Lipinski definition) is 2. The lowest BCUT2D eigenvalue weighted by Gasteiger charge is -2.11. The first kappa shape index (κ1) is 10.6. The number of carbonyl (C=O) groups is 1. The van der Waals surface area contributed by atoms with Crippen LogP contribution in [-0.2, 0) is 9.53 Å². The van der Waals surface area contributed by atoms with Crippen molar-refractivity contribution in [1.29, 1.82) is 0 Å². The molecule has 0 radical (unpaired) electrons. The Bertz CT molecular complexity index is 145. The van der Waals surface area contributed by atoms with Gasteiger partial charge in [0.1, 0.15) is 0 Å². The van der Waals surface area contributed by atoms with Crippen molar-refractivity contribution in [3.05, 3.63) is 0 Å². The van der Waals surface area contributed by atoms with Gasteiger partial charge in [-0.15, -0.1) is 11.6 Å². The van der Waals surface area contributed by atoms with E-state index < -0.39 is 17.5 Å². The molecule has 0 aliphatic heterocycles. The molecule has 0 aliphatic rings. The maximum atomic E-state index is 11.6. The van der Waals surface area contributed by atoms with Crippen LogP contribution in [-0.4, -0.2) is 24.1 Å². The van der Waals surface area contributed by atoms with Crippen molar-refractivity contribution in [2.24, 2.45) is 0 Å². The molecule has 0 aliphatic carbocycles. The van der Waals surface area contributed by atoms with Gasteiger partial charge in [0.2, 0.25) is 5.38 Å². The number of alkyl halides is 4. The van der Waals surface area contributed by atoms with Gasteiger partial charge in [0.15, 0.2) is 0 Å². The van der Waals surface area contributed by atoms with E-state index in [9.17, 15) is 18.0 Å². The van der Waals surface area contributed by atoms with Crippen LogP contribution in [0.4, 0.5) is 13.2 Å². The Balaban J connectivity index is 4.03. The van der Waals surface area contributed by atoms with Crippen molar-refractivity contribution in [2.45, 2.75) is 18.5 Å². The van der Waals surface area contributed by atoms with Crippen LogP contribution in [0.5, 0.6) is 0 Å². The summed E-state index contributed by atoms with van der Waals surface area (Å²) in [5.41, 5.74) is 0. The predicted octanol–water partition coefficient (Wildman–Crippen LogP) is 1.72. The average Bonchev–Trinajstić information content (AvgIpc) is 1.85. The van der Waals surface area contributed by atoms with E-state index in [2.05, 4.69) is 16.3 Å². The summed E-state index contributed by atoms with van der Waals surface area (Å²) in [6.07, 6.45) is -4.73. The summed E-state index contributed by atoms with van der Waals surface area (Å²) in [6.45, 7) is 1.29. The molecule has 0 bridgehead atoms. The molecule has 0 unspecified atom stereocenters. The lowest BCUT2D eigenvalue weighted by Crippen LogP contribution is -2.33. The third-order valence-corrected chi connectivity index (χ3v) is 1.21.